The molecule has 0 unspecified atom stereocenters. The third kappa shape index (κ3) is 6.64. The molecule has 0 bridgehead atoms. The van der Waals surface area contributed by atoms with Gasteiger partial charge >= 0.3 is 0 Å². The van der Waals surface area contributed by atoms with Crippen molar-refractivity contribution in [3.63, 3.8) is 0 Å². The molecule has 0 saturated carbocycles. The molecule has 0 atom stereocenters. The first-order valence-corrected chi connectivity index (χ1v) is 12.1. The number of benzene rings is 3. The van der Waals surface area contributed by atoms with Crippen LogP contribution in [0, 0.1) is 0 Å². The predicted molar refractivity (Wildman–Crippen MR) is 135 cm³/mol. The molecule has 3 aromatic carbocycles. The molecule has 6 heteroatoms. The topological polar surface area (TPSA) is 33.7 Å². The fraction of sp³-hybridized carbons (Fsp3) is 0.333. The van der Waals surface area contributed by atoms with Gasteiger partial charge in [0.25, 0.3) is 0 Å². The van der Waals surface area contributed by atoms with E-state index in [9.17, 15) is 0 Å². The molecule has 3 aromatic rings. The van der Waals surface area contributed by atoms with Gasteiger partial charge in [0, 0.05) is 40.3 Å². The number of ether oxygens (including phenoxy) is 2. The van der Waals surface area contributed by atoms with Gasteiger partial charge in [-0.2, -0.15) is 0 Å². The second-order valence-electron chi connectivity index (χ2n) is 8.39. The van der Waals surface area contributed by atoms with Crippen molar-refractivity contribution in [3.8, 4) is 11.5 Å². The highest BCUT2D eigenvalue weighted by Gasteiger charge is 2.20. The molecule has 0 radical (unpaired) electrons. The first-order valence-electron chi connectivity index (χ1n) is 11.3. The molecule has 0 aliphatic carbocycles. The maximum Gasteiger partial charge on any atom is 0.166 e. The van der Waals surface area contributed by atoms with Gasteiger partial charge in [0.2, 0.25) is 0 Å². The maximum atomic E-state index is 6.32. The first-order chi connectivity index (χ1) is 16.1. The minimum absolute atomic E-state index is 0.348. The lowest BCUT2D eigenvalue weighted by Crippen LogP contribution is -2.41. The van der Waals surface area contributed by atoms with Gasteiger partial charge in [0.1, 0.15) is 6.61 Å². The van der Waals surface area contributed by atoms with Crippen molar-refractivity contribution in [1.29, 1.82) is 0 Å². The van der Waals surface area contributed by atoms with Crippen molar-refractivity contribution in [3.05, 3.63) is 93.5 Å². The van der Waals surface area contributed by atoms with E-state index in [1.807, 2.05) is 24.3 Å². The average molecular weight is 485 g/mol. The zero-order valence-corrected chi connectivity index (χ0v) is 20.4. The maximum absolute atomic E-state index is 6.32. The Morgan fingerprint density at radius 3 is 2.45 bits per heavy atom. The molecule has 1 saturated heterocycles. The molecule has 33 heavy (non-hydrogen) atoms. The van der Waals surface area contributed by atoms with Crippen LogP contribution in [-0.4, -0.2) is 31.1 Å². The molecule has 1 N–H and O–H groups in total. The average Bonchev–Trinajstić information content (AvgIpc) is 2.84. The van der Waals surface area contributed by atoms with Crippen LogP contribution < -0.4 is 14.8 Å². The standard InChI is InChI=1S/C27H30Cl2N2O2/c1-32-26-9-5-8-21(27(26)33-19-22-10-11-23(28)16-25(22)29)17-30-24-12-14-31(15-13-24)18-20-6-3-2-4-7-20/h2-11,16,24,30H,12-15,17-19H2,1H3. The first kappa shape index (κ1) is 23.9. The van der Waals surface area contributed by atoms with Gasteiger partial charge in [-0.15, -0.1) is 0 Å². The fourth-order valence-corrected chi connectivity index (χ4v) is 4.67. The van der Waals surface area contributed by atoms with Gasteiger partial charge in [-0.05, 0) is 49.7 Å². The van der Waals surface area contributed by atoms with Crippen molar-refractivity contribution in [2.45, 2.75) is 38.6 Å². The summed E-state index contributed by atoms with van der Waals surface area (Å²) in [6.45, 7) is 4.30. The molecule has 4 rings (SSSR count). The summed E-state index contributed by atoms with van der Waals surface area (Å²) < 4.78 is 11.8. The van der Waals surface area contributed by atoms with Gasteiger partial charge in [0.05, 0.1) is 7.11 Å². The minimum atomic E-state index is 0.348. The normalized spacial score (nSPS) is 14.9. The third-order valence-electron chi connectivity index (χ3n) is 6.09. The molecule has 0 aromatic heterocycles. The van der Waals surface area contributed by atoms with Crippen molar-refractivity contribution in [2.24, 2.45) is 0 Å². The zero-order chi connectivity index (χ0) is 23.0. The lowest BCUT2D eigenvalue weighted by molar-refractivity contribution is 0.189. The summed E-state index contributed by atoms with van der Waals surface area (Å²) in [5, 5.41) is 4.93. The lowest BCUT2D eigenvalue weighted by Gasteiger charge is -2.32. The van der Waals surface area contributed by atoms with Gasteiger partial charge in [-0.1, -0.05) is 71.7 Å². The molecular weight excluding hydrogens is 455 g/mol. The van der Waals surface area contributed by atoms with Crippen LogP contribution in [0.2, 0.25) is 10.0 Å². The molecule has 1 fully saturated rings. The van der Waals surface area contributed by atoms with Crippen LogP contribution in [0.1, 0.15) is 29.5 Å². The van der Waals surface area contributed by atoms with E-state index in [1.165, 1.54) is 5.56 Å². The van der Waals surface area contributed by atoms with Crippen LogP contribution in [0.4, 0.5) is 0 Å². The van der Waals surface area contributed by atoms with Crippen molar-refractivity contribution in [1.82, 2.24) is 10.2 Å². The molecule has 1 aliphatic rings. The number of piperidine rings is 1. The quantitative estimate of drug-likeness (QED) is 0.384. The van der Waals surface area contributed by atoms with Crippen molar-refractivity contribution >= 4 is 23.2 Å². The minimum Gasteiger partial charge on any atom is -0.493 e. The Balaban J connectivity index is 1.33. The summed E-state index contributed by atoms with van der Waals surface area (Å²) in [7, 11) is 1.66. The second-order valence-corrected chi connectivity index (χ2v) is 9.23. The highest BCUT2D eigenvalue weighted by atomic mass is 35.5. The number of nitrogens with one attached hydrogen (secondary N) is 1. The summed E-state index contributed by atoms with van der Waals surface area (Å²) in [6, 6.07) is 22.6. The third-order valence-corrected chi connectivity index (χ3v) is 6.67. The fourth-order valence-electron chi connectivity index (χ4n) is 4.20. The van der Waals surface area contributed by atoms with Gasteiger partial charge in [0.15, 0.2) is 11.5 Å². The van der Waals surface area contributed by atoms with Crippen LogP contribution in [0.15, 0.2) is 66.7 Å². The number of hydrogen-bond donors (Lipinski definition) is 1. The van der Waals surface area contributed by atoms with E-state index in [4.69, 9.17) is 32.7 Å². The number of likely N-dealkylation sites (tertiary alicyclic amines) is 1. The molecule has 1 aliphatic heterocycles. The molecule has 174 valence electrons. The highest BCUT2D eigenvalue weighted by molar-refractivity contribution is 6.35. The van der Waals surface area contributed by atoms with Gasteiger partial charge in [-0.3, -0.25) is 4.90 Å². The summed E-state index contributed by atoms with van der Waals surface area (Å²) in [5.74, 6) is 1.47. The number of nitrogens with zero attached hydrogens (tertiary/aromatic N) is 1. The van der Waals surface area contributed by atoms with Crippen LogP contribution in [0.5, 0.6) is 11.5 Å². The Bertz CT molecular complexity index is 1040. The van der Waals surface area contributed by atoms with Crippen LogP contribution >= 0.6 is 23.2 Å². The summed E-state index contributed by atoms with van der Waals surface area (Å²) >= 11 is 12.3. The zero-order valence-electron chi connectivity index (χ0n) is 18.9. The molecule has 1 heterocycles. The largest absolute Gasteiger partial charge is 0.493 e. The van der Waals surface area contributed by atoms with Crippen molar-refractivity contribution in [2.75, 3.05) is 20.2 Å². The SMILES string of the molecule is COc1cccc(CNC2CCN(Cc3ccccc3)CC2)c1OCc1ccc(Cl)cc1Cl. The van der Waals surface area contributed by atoms with E-state index in [-0.39, 0.29) is 0 Å². The van der Waals surface area contributed by atoms with E-state index in [1.54, 1.807) is 13.2 Å². The highest BCUT2D eigenvalue weighted by Crippen LogP contribution is 2.33. The Kier molecular flexibility index (Phi) is 8.51. The predicted octanol–water partition coefficient (Wildman–Crippen LogP) is 6.34. The molecule has 0 amide bonds. The van der Waals surface area contributed by atoms with Gasteiger partial charge in [-0.25, -0.2) is 0 Å². The number of rotatable bonds is 9. The van der Waals surface area contributed by atoms with E-state index in [0.717, 1.165) is 61.6 Å². The van der Waals surface area contributed by atoms with E-state index < -0.39 is 0 Å². The second kappa shape index (κ2) is 11.8. The van der Waals surface area contributed by atoms with E-state index in [0.29, 0.717) is 22.7 Å². The molecule has 0 spiro atoms. The Hall–Kier alpha value is -2.24. The van der Waals surface area contributed by atoms with Crippen LogP contribution in [0.25, 0.3) is 0 Å². The lowest BCUT2D eigenvalue weighted by atomic mass is 10.0. The summed E-state index contributed by atoms with van der Waals surface area (Å²) in [5.41, 5.74) is 3.34. The summed E-state index contributed by atoms with van der Waals surface area (Å²) in [4.78, 5) is 2.53. The van der Waals surface area contributed by atoms with E-state index >= 15 is 0 Å². The smallest absolute Gasteiger partial charge is 0.166 e. The number of para-hydroxylation sites is 1. The summed E-state index contributed by atoms with van der Waals surface area (Å²) in [6.07, 6.45) is 2.26. The Morgan fingerprint density at radius 1 is 0.939 bits per heavy atom. The Morgan fingerprint density at radius 2 is 1.73 bits per heavy atom. The van der Waals surface area contributed by atoms with Crippen molar-refractivity contribution < 1.29 is 9.47 Å². The number of hydrogen-bond acceptors (Lipinski definition) is 4. The van der Waals surface area contributed by atoms with Gasteiger partial charge < -0.3 is 14.8 Å². The Labute approximate surface area is 206 Å². The van der Waals surface area contributed by atoms with Crippen LogP contribution in [0.3, 0.4) is 0 Å². The number of halogens is 2. The molecule has 4 nitrogen and oxygen atoms in total. The number of methoxy groups -OCH3 is 1. The van der Waals surface area contributed by atoms with E-state index in [2.05, 4.69) is 46.6 Å². The molecular formula is C27H30Cl2N2O2. The van der Waals surface area contributed by atoms with Crippen LogP contribution in [-0.2, 0) is 19.7 Å². The monoisotopic (exact) mass is 484 g/mol.